The van der Waals surface area contributed by atoms with Crippen LogP contribution in [0.1, 0.15) is 25.0 Å². The molecule has 0 aliphatic rings. The molecule has 0 atom stereocenters. The molecular formula is C14H20O2S. The standard InChI is InChI=1S/C14H20O2S/c1-11-6-5-7-12(8-11)9-17-10-14(2,3)13(15)16-4/h5-8H,9-10H2,1-4H3. The van der Waals surface area contributed by atoms with Crippen molar-refractivity contribution < 1.29 is 9.53 Å². The van der Waals surface area contributed by atoms with E-state index in [1.165, 1.54) is 18.2 Å². The maximum absolute atomic E-state index is 11.5. The zero-order valence-corrected chi connectivity index (χ0v) is 11.8. The second-order valence-corrected chi connectivity index (χ2v) is 5.84. The summed E-state index contributed by atoms with van der Waals surface area (Å²) in [5, 5.41) is 0. The quantitative estimate of drug-likeness (QED) is 0.751. The van der Waals surface area contributed by atoms with Gasteiger partial charge in [-0.25, -0.2) is 0 Å². The van der Waals surface area contributed by atoms with Gasteiger partial charge in [0, 0.05) is 11.5 Å². The van der Waals surface area contributed by atoms with Gasteiger partial charge in [-0.15, -0.1) is 0 Å². The number of hydrogen-bond acceptors (Lipinski definition) is 3. The molecule has 3 heteroatoms. The van der Waals surface area contributed by atoms with Crippen molar-refractivity contribution in [2.75, 3.05) is 12.9 Å². The predicted octanol–water partition coefficient (Wildman–Crippen LogP) is 3.43. The van der Waals surface area contributed by atoms with Gasteiger partial charge in [0.25, 0.3) is 0 Å². The molecule has 0 saturated carbocycles. The average Bonchev–Trinajstić information content (AvgIpc) is 2.27. The lowest BCUT2D eigenvalue weighted by molar-refractivity contribution is -0.149. The zero-order chi connectivity index (χ0) is 12.9. The molecule has 0 unspecified atom stereocenters. The van der Waals surface area contributed by atoms with Gasteiger partial charge in [-0.3, -0.25) is 4.79 Å². The molecule has 0 aliphatic heterocycles. The number of ether oxygens (including phenoxy) is 1. The third-order valence-electron chi connectivity index (χ3n) is 2.55. The summed E-state index contributed by atoms with van der Waals surface area (Å²) in [6.45, 7) is 5.93. The van der Waals surface area contributed by atoms with Crippen molar-refractivity contribution in [2.45, 2.75) is 26.5 Å². The summed E-state index contributed by atoms with van der Waals surface area (Å²) in [6, 6.07) is 8.45. The smallest absolute Gasteiger partial charge is 0.312 e. The average molecular weight is 252 g/mol. The van der Waals surface area contributed by atoms with Crippen LogP contribution >= 0.6 is 11.8 Å². The van der Waals surface area contributed by atoms with E-state index in [0.717, 1.165) is 11.5 Å². The first-order valence-corrected chi connectivity index (χ1v) is 6.83. The van der Waals surface area contributed by atoms with E-state index in [1.807, 2.05) is 13.8 Å². The van der Waals surface area contributed by atoms with Gasteiger partial charge in [0.2, 0.25) is 0 Å². The molecule has 94 valence electrons. The topological polar surface area (TPSA) is 26.3 Å². The van der Waals surface area contributed by atoms with Crippen LogP contribution < -0.4 is 0 Å². The highest BCUT2D eigenvalue weighted by atomic mass is 32.2. The zero-order valence-electron chi connectivity index (χ0n) is 10.9. The number of esters is 1. The highest BCUT2D eigenvalue weighted by Gasteiger charge is 2.28. The minimum Gasteiger partial charge on any atom is -0.469 e. The van der Waals surface area contributed by atoms with Gasteiger partial charge in [-0.1, -0.05) is 29.8 Å². The molecule has 0 aliphatic carbocycles. The number of hydrogen-bond donors (Lipinski definition) is 0. The van der Waals surface area contributed by atoms with E-state index in [4.69, 9.17) is 4.74 Å². The molecule has 1 rings (SSSR count). The Morgan fingerprint density at radius 3 is 2.71 bits per heavy atom. The summed E-state index contributed by atoms with van der Waals surface area (Å²) >= 11 is 1.76. The number of rotatable bonds is 5. The molecule has 0 amide bonds. The van der Waals surface area contributed by atoms with Crippen molar-refractivity contribution in [3.05, 3.63) is 35.4 Å². The number of carbonyl (C=O) groups excluding carboxylic acids is 1. The van der Waals surface area contributed by atoms with Crippen LogP contribution in [0.15, 0.2) is 24.3 Å². The molecule has 0 saturated heterocycles. The van der Waals surface area contributed by atoms with Crippen molar-refractivity contribution in [3.63, 3.8) is 0 Å². The Hall–Kier alpha value is -0.960. The van der Waals surface area contributed by atoms with E-state index in [1.54, 1.807) is 11.8 Å². The maximum Gasteiger partial charge on any atom is 0.312 e. The maximum atomic E-state index is 11.5. The molecule has 0 bridgehead atoms. The molecular weight excluding hydrogens is 232 g/mol. The van der Waals surface area contributed by atoms with Crippen LogP contribution in [0.3, 0.4) is 0 Å². The summed E-state index contributed by atoms with van der Waals surface area (Å²) < 4.78 is 4.78. The van der Waals surface area contributed by atoms with Crippen LogP contribution in [-0.4, -0.2) is 18.8 Å². The normalized spacial score (nSPS) is 11.3. The fourth-order valence-electron chi connectivity index (χ4n) is 1.56. The molecule has 0 spiro atoms. The van der Waals surface area contributed by atoms with Gasteiger partial charge in [0.1, 0.15) is 0 Å². The lowest BCUT2D eigenvalue weighted by Crippen LogP contribution is -2.28. The summed E-state index contributed by atoms with van der Waals surface area (Å²) in [7, 11) is 1.44. The van der Waals surface area contributed by atoms with Gasteiger partial charge in [-0.05, 0) is 26.3 Å². The monoisotopic (exact) mass is 252 g/mol. The third kappa shape index (κ3) is 4.43. The SMILES string of the molecule is COC(=O)C(C)(C)CSCc1cccc(C)c1. The summed E-state index contributed by atoms with van der Waals surface area (Å²) in [5.74, 6) is 1.56. The molecule has 1 aromatic carbocycles. The van der Waals surface area contributed by atoms with Gasteiger partial charge in [-0.2, -0.15) is 11.8 Å². The molecule has 0 aromatic heterocycles. The van der Waals surface area contributed by atoms with Gasteiger partial charge < -0.3 is 4.74 Å². The number of thioether (sulfide) groups is 1. The number of benzene rings is 1. The summed E-state index contributed by atoms with van der Waals surface area (Å²) in [6.07, 6.45) is 0. The van der Waals surface area contributed by atoms with Crippen molar-refractivity contribution >= 4 is 17.7 Å². The second-order valence-electron chi connectivity index (χ2n) is 4.86. The molecule has 0 radical (unpaired) electrons. The van der Waals surface area contributed by atoms with E-state index in [2.05, 4.69) is 31.2 Å². The van der Waals surface area contributed by atoms with Gasteiger partial charge in [0.05, 0.1) is 12.5 Å². The highest BCUT2D eigenvalue weighted by molar-refractivity contribution is 7.98. The number of methoxy groups -OCH3 is 1. The Labute approximate surface area is 108 Å². The van der Waals surface area contributed by atoms with Crippen LogP contribution in [0.2, 0.25) is 0 Å². The van der Waals surface area contributed by atoms with Crippen LogP contribution in [0.25, 0.3) is 0 Å². The lowest BCUT2D eigenvalue weighted by Gasteiger charge is -2.20. The van der Waals surface area contributed by atoms with Crippen LogP contribution in [-0.2, 0) is 15.3 Å². The van der Waals surface area contributed by atoms with Crippen molar-refractivity contribution in [2.24, 2.45) is 5.41 Å². The highest BCUT2D eigenvalue weighted by Crippen LogP contribution is 2.25. The number of aryl methyl sites for hydroxylation is 1. The first kappa shape index (κ1) is 14.1. The Morgan fingerprint density at radius 1 is 1.41 bits per heavy atom. The molecule has 17 heavy (non-hydrogen) atoms. The Morgan fingerprint density at radius 2 is 2.12 bits per heavy atom. The lowest BCUT2D eigenvalue weighted by atomic mass is 9.97. The first-order chi connectivity index (χ1) is 7.95. The fraction of sp³-hybridized carbons (Fsp3) is 0.500. The van der Waals surface area contributed by atoms with Gasteiger partial charge in [0.15, 0.2) is 0 Å². The Balaban J connectivity index is 2.45. The number of carbonyl (C=O) groups is 1. The first-order valence-electron chi connectivity index (χ1n) is 5.67. The van der Waals surface area contributed by atoms with E-state index in [9.17, 15) is 4.79 Å². The summed E-state index contributed by atoms with van der Waals surface area (Å²) in [5.41, 5.74) is 2.16. The van der Waals surface area contributed by atoms with Crippen molar-refractivity contribution in [1.82, 2.24) is 0 Å². The van der Waals surface area contributed by atoms with Crippen molar-refractivity contribution in [1.29, 1.82) is 0 Å². The Bertz CT molecular complexity index is 386. The molecule has 0 fully saturated rings. The molecule has 1 aromatic rings. The minimum absolute atomic E-state index is 0.144. The van der Waals surface area contributed by atoms with Crippen LogP contribution in [0, 0.1) is 12.3 Å². The van der Waals surface area contributed by atoms with Crippen LogP contribution in [0.5, 0.6) is 0 Å². The van der Waals surface area contributed by atoms with Crippen LogP contribution in [0.4, 0.5) is 0 Å². The largest absolute Gasteiger partial charge is 0.469 e. The van der Waals surface area contributed by atoms with Gasteiger partial charge >= 0.3 is 5.97 Å². The minimum atomic E-state index is -0.413. The molecule has 2 nitrogen and oxygen atoms in total. The summed E-state index contributed by atoms with van der Waals surface area (Å²) in [4.78, 5) is 11.5. The predicted molar refractivity (Wildman–Crippen MR) is 73.1 cm³/mol. The van der Waals surface area contributed by atoms with E-state index in [-0.39, 0.29) is 5.97 Å². The van der Waals surface area contributed by atoms with E-state index in [0.29, 0.717) is 0 Å². The molecule has 0 heterocycles. The molecule has 0 N–H and O–H groups in total. The third-order valence-corrected chi connectivity index (χ3v) is 4.02. The van der Waals surface area contributed by atoms with E-state index >= 15 is 0 Å². The Kier molecular flexibility index (Phi) is 5.06. The fourth-order valence-corrected chi connectivity index (χ4v) is 2.71. The van der Waals surface area contributed by atoms with E-state index < -0.39 is 5.41 Å². The second kappa shape index (κ2) is 6.10. The van der Waals surface area contributed by atoms with Crippen molar-refractivity contribution in [3.8, 4) is 0 Å².